The minimum absolute atomic E-state index is 0.0138. The van der Waals surface area contributed by atoms with Crippen LogP contribution in [-0.2, 0) is 6.61 Å². The van der Waals surface area contributed by atoms with Gasteiger partial charge in [0.15, 0.2) is 11.5 Å². The smallest absolute Gasteiger partial charge is 0.339 e. The Bertz CT molecular complexity index is 712. The van der Waals surface area contributed by atoms with Gasteiger partial charge in [0.2, 0.25) is 0 Å². The zero-order valence-electron chi connectivity index (χ0n) is 10.2. The number of benzene rings is 1. The molecule has 0 amide bonds. The molecule has 2 rings (SSSR count). The molecule has 0 bridgehead atoms. The number of furan rings is 1. The molecule has 9 heteroatoms. The molecular formula is C12H7Cl2NO6. The van der Waals surface area contributed by atoms with Crippen LogP contribution in [0.2, 0.25) is 10.0 Å². The Kier molecular flexibility index (Phi) is 4.35. The van der Waals surface area contributed by atoms with E-state index in [-0.39, 0.29) is 39.4 Å². The number of carbonyl (C=O) groups is 1. The standard InChI is InChI=1S/C12H7Cl2NO6/c13-7-3-9(15(18)19)10(4-8(7)14)21-5-11-6(12(16)17)1-2-20-11/h1-4H,5H2,(H,16,17). The summed E-state index contributed by atoms with van der Waals surface area (Å²) in [5, 5.41) is 19.9. The maximum atomic E-state index is 10.9. The first-order chi connectivity index (χ1) is 9.90. The molecule has 0 unspecified atom stereocenters. The molecule has 21 heavy (non-hydrogen) atoms. The molecule has 0 aliphatic heterocycles. The molecule has 1 heterocycles. The van der Waals surface area contributed by atoms with E-state index in [0.717, 1.165) is 6.07 Å². The van der Waals surface area contributed by atoms with Crippen LogP contribution < -0.4 is 4.74 Å². The maximum absolute atomic E-state index is 10.9. The van der Waals surface area contributed by atoms with Gasteiger partial charge in [-0.15, -0.1) is 0 Å². The van der Waals surface area contributed by atoms with E-state index in [4.69, 9.17) is 37.5 Å². The van der Waals surface area contributed by atoms with E-state index in [1.807, 2.05) is 0 Å². The summed E-state index contributed by atoms with van der Waals surface area (Å²) in [7, 11) is 0. The van der Waals surface area contributed by atoms with E-state index in [0.29, 0.717) is 0 Å². The lowest BCUT2D eigenvalue weighted by Crippen LogP contribution is -2.04. The lowest BCUT2D eigenvalue weighted by atomic mass is 10.2. The van der Waals surface area contributed by atoms with Crippen LogP contribution >= 0.6 is 23.2 Å². The predicted octanol–water partition coefficient (Wildman–Crippen LogP) is 3.77. The first-order valence-electron chi connectivity index (χ1n) is 5.46. The summed E-state index contributed by atoms with van der Waals surface area (Å²) in [5.41, 5.74) is -0.467. The quantitative estimate of drug-likeness (QED) is 0.660. The minimum atomic E-state index is -1.19. The summed E-state index contributed by atoms with van der Waals surface area (Å²) in [4.78, 5) is 21.2. The van der Waals surface area contributed by atoms with Crippen LogP contribution in [0.3, 0.4) is 0 Å². The average Bonchev–Trinajstić information content (AvgIpc) is 2.88. The first-order valence-corrected chi connectivity index (χ1v) is 6.21. The number of carboxylic acids is 1. The Labute approximate surface area is 127 Å². The molecule has 110 valence electrons. The molecule has 0 atom stereocenters. The summed E-state index contributed by atoms with van der Waals surface area (Å²) in [5.74, 6) is -1.30. The van der Waals surface area contributed by atoms with Crippen molar-refractivity contribution in [1.82, 2.24) is 0 Å². The summed E-state index contributed by atoms with van der Waals surface area (Å²) in [6, 6.07) is 3.50. The average molecular weight is 332 g/mol. The fraction of sp³-hybridized carbons (Fsp3) is 0.0833. The van der Waals surface area contributed by atoms with Crippen LogP contribution in [0.4, 0.5) is 5.69 Å². The number of nitro groups is 1. The van der Waals surface area contributed by atoms with Gasteiger partial charge in [-0.2, -0.15) is 0 Å². The van der Waals surface area contributed by atoms with Gasteiger partial charge in [0.25, 0.3) is 0 Å². The second kappa shape index (κ2) is 6.02. The van der Waals surface area contributed by atoms with E-state index in [2.05, 4.69) is 0 Å². The van der Waals surface area contributed by atoms with Crippen molar-refractivity contribution in [1.29, 1.82) is 0 Å². The Hall–Kier alpha value is -2.25. The second-order valence-corrected chi connectivity index (χ2v) is 4.66. The molecule has 0 radical (unpaired) electrons. The van der Waals surface area contributed by atoms with Crippen molar-refractivity contribution in [2.24, 2.45) is 0 Å². The van der Waals surface area contributed by atoms with Crippen molar-refractivity contribution < 1.29 is 24.0 Å². The third kappa shape index (κ3) is 3.26. The number of hydrogen-bond donors (Lipinski definition) is 1. The largest absolute Gasteiger partial charge is 0.479 e. The lowest BCUT2D eigenvalue weighted by Gasteiger charge is -2.07. The van der Waals surface area contributed by atoms with Crippen LogP contribution in [0.1, 0.15) is 16.1 Å². The number of nitrogens with zero attached hydrogens (tertiary/aromatic N) is 1. The van der Waals surface area contributed by atoms with Crippen molar-refractivity contribution in [3.05, 3.63) is 55.9 Å². The van der Waals surface area contributed by atoms with E-state index in [1.54, 1.807) is 0 Å². The van der Waals surface area contributed by atoms with Crippen molar-refractivity contribution >= 4 is 34.9 Å². The van der Waals surface area contributed by atoms with Crippen LogP contribution in [0.15, 0.2) is 28.9 Å². The highest BCUT2D eigenvalue weighted by Crippen LogP contribution is 2.36. The molecule has 1 aromatic heterocycles. The fourth-order valence-corrected chi connectivity index (χ4v) is 1.87. The second-order valence-electron chi connectivity index (χ2n) is 3.84. The van der Waals surface area contributed by atoms with Crippen molar-refractivity contribution in [2.75, 3.05) is 0 Å². The number of rotatable bonds is 5. The van der Waals surface area contributed by atoms with Gasteiger partial charge in [0.05, 0.1) is 21.2 Å². The normalized spacial score (nSPS) is 10.4. The highest BCUT2D eigenvalue weighted by atomic mass is 35.5. The number of hydrogen-bond acceptors (Lipinski definition) is 5. The molecule has 0 fully saturated rings. The number of aromatic carboxylic acids is 1. The number of halogens is 2. The lowest BCUT2D eigenvalue weighted by molar-refractivity contribution is -0.385. The van der Waals surface area contributed by atoms with E-state index >= 15 is 0 Å². The van der Waals surface area contributed by atoms with Gasteiger partial charge < -0.3 is 14.3 Å². The Morgan fingerprint density at radius 2 is 2.05 bits per heavy atom. The highest BCUT2D eigenvalue weighted by Gasteiger charge is 2.20. The SMILES string of the molecule is O=C(O)c1ccoc1COc1cc(Cl)c(Cl)cc1[N+](=O)[O-]. The van der Waals surface area contributed by atoms with Crippen molar-refractivity contribution in [3.63, 3.8) is 0 Å². The number of carboxylic acid groups (broad SMARTS) is 1. The van der Waals surface area contributed by atoms with Crippen molar-refractivity contribution in [3.8, 4) is 5.75 Å². The Morgan fingerprint density at radius 1 is 1.38 bits per heavy atom. The molecule has 0 aliphatic rings. The van der Waals surface area contributed by atoms with Crippen molar-refractivity contribution in [2.45, 2.75) is 6.61 Å². The van der Waals surface area contributed by atoms with Gasteiger partial charge in [-0.1, -0.05) is 23.2 Å². The molecule has 7 nitrogen and oxygen atoms in total. The monoisotopic (exact) mass is 331 g/mol. The van der Waals surface area contributed by atoms with Crippen LogP contribution in [-0.4, -0.2) is 16.0 Å². The Balaban J connectivity index is 2.27. The van der Waals surface area contributed by atoms with Crippen LogP contribution in [0, 0.1) is 10.1 Å². The molecule has 0 saturated heterocycles. The molecule has 0 spiro atoms. The van der Waals surface area contributed by atoms with Gasteiger partial charge >= 0.3 is 11.7 Å². The van der Waals surface area contributed by atoms with E-state index in [1.165, 1.54) is 18.4 Å². The molecule has 2 aromatic rings. The summed E-state index contributed by atoms with van der Waals surface area (Å²) in [6.07, 6.45) is 1.19. The first kappa shape index (κ1) is 15.1. The topological polar surface area (TPSA) is 103 Å². The summed E-state index contributed by atoms with van der Waals surface area (Å²) >= 11 is 11.5. The zero-order valence-corrected chi connectivity index (χ0v) is 11.7. The minimum Gasteiger partial charge on any atom is -0.479 e. The summed E-state index contributed by atoms with van der Waals surface area (Å²) in [6.45, 7) is -0.298. The number of nitro benzene ring substituents is 1. The maximum Gasteiger partial charge on any atom is 0.339 e. The molecule has 0 aliphatic carbocycles. The van der Waals surface area contributed by atoms with Gasteiger partial charge in [-0.25, -0.2) is 4.79 Å². The van der Waals surface area contributed by atoms with Gasteiger partial charge in [-0.05, 0) is 6.07 Å². The molecule has 1 N–H and O–H groups in total. The molecule has 1 aromatic carbocycles. The molecule has 0 saturated carbocycles. The van der Waals surface area contributed by atoms with Gasteiger partial charge in [-0.3, -0.25) is 10.1 Å². The third-order valence-electron chi connectivity index (χ3n) is 2.53. The molecular weight excluding hydrogens is 325 g/mol. The van der Waals surface area contributed by atoms with Gasteiger partial charge in [0, 0.05) is 12.1 Å². The van der Waals surface area contributed by atoms with E-state index < -0.39 is 10.9 Å². The van der Waals surface area contributed by atoms with Gasteiger partial charge in [0.1, 0.15) is 12.2 Å². The fourth-order valence-electron chi connectivity index (χ4n) is 1.56. The van der Waals surface area contributed by atoms with Crippen LogP contribution in [0.25, 0.3) is 0 Å². The summed E-state index contributed by atoms with van der Waals surface area (Å²) < 4.78 is 10.2. The van der Waals surface area contributed by atoms with E-state index in [9.17, 15) is 14.9 Å². The highest BCUT2D eigenvalue weighted by molar-refractivity contribution is 6.42. The number of ether oxygens (including phenoxy) is 1. The van der Waals surface area contributed by atoms with Crippen LogP contribution in [0.5, 0.6) is 5.75 Å². The zero-order chi connectivity index (χ0) is 15.6. The Morgan fingerprint density at radius 3 is 2.67 bits per heavy atom. The predicted molar refractivity (Wildman–Crippen MR) is 73.1 cm³/mol. The third-order valence-corrected chi connectivity index (χ3v) is 3.26.